The first kappa shape index (κ1) is 7.83. The SMILES string of the molecule is CN(Cc1ccoc1)C1CNC1. The zero-order valence-corrected chi connectivity index (χ0v) is 7.29. The fraction of sp³-hybridized carbons (Fsp3) is 0.556. The highest BCUT2D eigenvalue weighted by Gasteiger charge is 2.21. The van der Waals surface area contributed by atoms with E-state index in [1.54, 1.807) is 6.26 Å². The number of rotatable bonds is 3. The highest BCUT2D eigenvalue weighted by Crippen LogP contribution is 2.08. The number of nitrogens with zero attached hydrogens (tertiary/aromatic N) is 1. The van der Waals surface area contributed by atoms with Crippen molar-refractivity contribution < 1.29 is 4.42 Å². The van der Waals surface area contributed by atoms with Crippen molar-refractivity contribution in [2.75, 3.05) is 20.1 Å². The first-order valence-electron chi connectivity index (χ1n) is 4.28. The van der Waals surface area contributed by atoms with Crippen LogP contribution in [0.15, 0.2) is 23.0 Å². The van der Waals surface area contributed by atoms with Crippen LogP contribution in [0.5, 0.6) is 0 Å². The fourth-order valence-corrected chi connectivity index (χ4v) is 1.38. The van der Waals surface area contributed by atoms with Crippen LogP contribution in [0.1, 0.15) is 5.56 Å². The monoisotopic (exact) mass is 166 g/mol. The summed E-state index contributed by atoms with van der Waals surface area (Å²) >= 11 is 0. The normalized spacial score (nSPS) is 18.2. The van der Waals surface area contributed by atoms with Gasteiger partial charge in [-0.2, -0.15) is 0 Å². The average molecular weight is 166 g/mol. The Hall–Kier alpha value is -0.800. The van der Waals surface area contributed by atoms with Crippen molar-refractivity contribution in [3.05, 3.63) is 24.2 Å². The molecule has 3 heteroatoms. The summed E-state index contributed by atoms with van der Waals surface area (Å²) in [5, 5.41) is 3.26. The Morgan fingerprint density at radius 1 is 1.67 bits per heavy atom. The second-order valence-electron chi connectivity index (χ2n) is 3.36. The van der Waals surface area contributed by atoms with Crippen LogP contribution >= 0.6 is 0 Å². The van der Waals surface area contributed by atoms with Crippen LogP contribution in [0.25, 0.3) is 0 Å². The van der Waals surface area contributed by atoms with Gasteiger partial charge >= 0.3 is 0 Å². The Morgan fingerprint density at radius 2 is 2.50 bits per heavy atom. The van der Waals surface area contributed by atoms with Crippen molar-refractivity contribution in [3.8, 4) is 0 Å². The Kier molecular flexibility index (Phi) is 2.15. The van der Waals surface area contributed by atoms with E-state index in [0.717, 1.165) is 19.6 Å². The lowest BCUT2D eigenvalue weighted by Gasteiger charge is -2.35. The van der Waals surface area contributed by atoms with Gasteiger partial charge in [0.2, 0.25) is 0 Å². The molecule has 0 spiro atoms. The van der Waals surface area contributed by atoms with Gasteiger partial charge in [-0.25, -0.2) is 0 Å². The molecule has 1 aliphatic heterocycles. The molecule has 12 heavy (non-hydrogen) atoms. The number of likely N-dealkylation sites (N-methyl/N-ethyl adjacent to an activating group) is 1. The second kappa shape index (κ2) is 3.29. The number of furan rings is 1. The molecule has 1 fully saturated rings. The molecule has 1 aromatic heterocycles. The summed E-state index contributed by atoms with van der Waals surface area (Å²) in [4.78, 5) is 2.35. The number of hydrogen-bond donors (Lipinski definition) is 1. The Bertz CT molecular complexity index is 229. The summed E-state index contributed by atoms with van der Waals surface area (Å²) in [7, 11) is 2.15. The minimum Gasteiger partial charge on any atom is -0.472 e. The van der Waals surface area contributed by atoms with E-state index in [-0.39, 0.29) is 0 Å². The molecule has 2 rings (SSSR count). The van der Waals surface area contributed by atoms with E-state index in [1.165, 1.54) is 5.56 Å². The Balaban J connectivity index is 1.86. The second-order valence-corrected chi connectivity index (χ2v) is 3.36. The van der Waals surface area contributed by atoms with Gasteiger partial charge in [-0.15, -0.1) is 0 Å². The van der Waals surface area contributed by atoms with Crippen molar-refractivity contribution >= 4 is 0 Å². The van der Waals surface area contributed by atoms with Crippen molar-refractivity contribution in [1.29, 1.82) is 0 Å². The Morgan fingerprint density at radius 3 is 3.00 bits per heavy atom. The predicted octanol–water partition coefficient (Wildman–Crippen LogP) is 0.683. The topological polar surface area (TPSA) is 28.4 Å². The molecular formula is C9H14N2O. The van der Waals surface area contributed by atoms with E-state index in [4.69, 9.17) is 4.42 Å². The zero-order chi connectivity index (χ0) is 8.39. The van der Waals surface area contributed by atoms with Crippen LogP contribution < -0.4 is 5.32 Å². The molecule has 0 saturated carbocycles. The Labute approximate surface area is 72.4 Å². The molecule has 3 nitrogen and oxygen atoms in total. The first-order valence-corrected chi connectivity index (χ1v) is 4.28. The maximum absolute atomic E-state index is 5.00. The molecule has 1 aliphatic rings. The molecule has 66 valence electrons. The summed E-state index contributed by atoms with van der Waals surface area (Å²) < 4.78 is 5.00. The van der Waals surface area contributed by atoms with Gasteiger partial charge in [-0.05, 0) is 13.1 Å². The third-order valence-corrected chi connectivity index (χ3v) is 2.40. The van der Waals surface area contributed by atoms with E-state index in [0.29, 0.717) is 6.04 Å². The van der Waals surface area contributed by atoms with Crippen LogP contribution in [0.4, 0.5) is 0 Å². The highest BCUT2D eigenvalue weighted by atomic mass is 16.3. The van der Waals surface area contributed by atoms with E-state index in [2.05, 4.69) is 17.3 Å². The lowest BCUT2D eigenvalue weighted by molar-refractivity contribution is 0.173. The van der Waals surface area contributed by atoms with Crippen LogP contribution in [0.3, 0.4) is 0 Å². The van der Waals surface area contributed by atoms with E-state index >= 15 is 0 Å². The first-order chi connectivity index (χ1) is 5.86. The van der Waals surface area contributed by atoms with Gasteiger partial charge < -0.3 is 9.73 Å². The highest BCUT2D eigenvalue weighted by molar-refractivity contribution is 5.05. The molecule has 2 heterocycles. The van der Waals surface area contributed by atoms with Crippen LogP contribution in [0, 0.1) is 0 Å². The molecule has 0 bridgehead atoms. The van der Waals surface area contributed by atoms with Crippen molar-refractivity contribution in [3.63, 3.8) is 0 Å². The molecule has 1 saturated heterocycles. The molecular weight excluding hydrogens is 152 g/mol. The maximum Gasteiger partial charge on any atom is 0.0947 e. The smallest absolute Gasteiger partial charge is 0.0947 e. The van der Waals surface area contributed by atoms with Crippen LogP contribution in [-0.2, 0) is 6.54 Å². The van der Waals surface area contributed by atoms with Gasteiger partial charge in [0.25, 0.3) is 0 Å². The minimum atomic E-state index is 0.708. The summed E-state index contributed by atoms with van der Waals surface area (Å²) in [6.07, 6.45) is 3.53. The third kappa shape index (κ3) is 1.52. The van der Waals surface area contributed by atoms with Crippen LogP contribution in [-0.4, -0.2) is 31.1 Å². The minimum absolute atomic E-state index is 0.708. The summed E-state index contributed by atoms with van der Waals surface area (Å²) in [6.45, 7) is 3.23. The number of nitrogens with one attached hydrogen (secondary N) is 1. The van der Waals surface area contributed by atoms with Crippen LogP contribution in [0.2, 0.25) is 0 Å². The summed E-state index contributed by atoms with van der Waals surface area (Å²) in [6, 6.07) is 2.72. The molecule has 1 aromatic rings. The standard InChI is InChI=1S/C9H14N2O/c1-11(9-4-10-5-9)6-8-2-3-12-7-8/h2-3,7,9-10H,4-6H2,1H3. The summed E-state index contributed by atoms with van der Waals surface area (Å²) in [5.41, 5.74) is 1.25. The lowest BCUT2D eigenvalue weighted by atomic mass is 10.1. The van der Waals surface area contributed by atoms with Gasteiger partial charge in [0.15, 0.2) is 0 Å². The van der Waals surface area contributed by atoms with Gasteiger partial charge in [-0.3, -0.25) is 4.90 Å². The van der Waals surface area contributed by atoms with E-state index in [1.807, 2.05) is 12.3 Å². The zero-order valence-electron chi connectivity index (χ0n) is 7.29. The molecule has 0 aromatic carbocycles. The number of hydrogen-bond acceptors (Lipinski definition) is 3. The van der Waals surface area contributed by atoms with Crippen molar-refractivity contribution in [2.24, 2.45) is 0 Å². The fourth-order valence-electron chi connectivity index (χ4n) is 1.38. The molecule has 0 atom stereocenters. The molecule has 0 unspecified atom stereocenters. The largest absolute Gasteiger partial charge is 0.472 e. The van der Waals surface area contributed by atoms with Gasteiger partial charge in [0.1, 0.15) is 0 Å². The average Bonchev–Trinajstić information content (AvgIpc) is 2.34. The molecule has 0 amide bonds. The van der Waals surface area contributed by atoms with Crippen molar-refractivity contribution in [1.82, 2.24) is 10.2 Å². The van der Waals surface area contributed by atoms with Gasteiger partial charge in [0, 0.05) is 31.2 Å². The summed E-state index contributed by atoms with van der Waals surface area (Å²) in [5.74, 6) is 0. The third-order valence-electron chi connectivity index (χ3n) is 2.40. The lowest BCUT2D eigenvalue weighted by Crippen LogP contribution is -2.55. The predicted molar refractivity (Wildman–Crippen MR) is 46.8 cm³/mol. The quantitative estimate of drug-likeness (QED) is 0.716. The van der Waals surface area contributed by atoms with Gasteiger partial charge in [-0.1, -0.05) is 0 Å². The van der Waals surface area contributed by atoms with E-state index < -0.39 is 0 Å². The van der Waals surface area contributed by atoms with Gasteiger partial charge in [0.05, 0.1) is 12.5 Å². The van der Waals surface area contributed by atoms with E-state index in [9.17, 15) is 0 Å². The molecule has 1 N–H and O–H groups in total. The maximum atomic E-state index is 5.00. The molecule has 0 aliphatic carbocycles. The van der Waals surface area contributed by atoms with Crippen molar-refractivity contribution in [2.45, 2.75) is 12.6 Å². The molecule has 0 radical (unpaired) electrons.